The number of hydrogen-bond donors (Lipinski definition) is 1. The number of hydrogen-bond acceptors (Lipinski definition) is 1. The van der Waals surface area contributed by atoms with Gasteiger partial charge in [-0.1, -0.05) is 43.0 Å². The average molecular weight is 295 g/mol. The van der Waals surface area contributed by atoms with Crippen molar-refractivity contribution in [2.75, 3.05) is 13.6 Å². The van der Waals surface area contributed by atoms with Crippen LogP contribution < -0.4 is 5.32 Å². The van der Waals surface area contributed by atoms with Crippen LogP contribution in [-0.4, -0.2) is 30.6 Å². The van der Waals surface area contributed by atoms with E-state index < -0.39 is 0 Å². The fourth-order valence-electron chi connectivity index (χ4n) is 2.77. The zero-order chi connectivity index (χ0) is 14.4. The number of nitrogens with zero attached hydrogens (tertiary/aromatic N) is 1. The molecular weight excluding hydrogens is 272 g/mol. The van der Waals surface area contributed by atoms with E-state index in [4.69, 9.17) is 11.6 Å². The third-order valence-corrected chi connectivity index (χ3v) is 4.26. The first kappa shape index (κ1) is 15.2. The minimum absolute atomic E-state index is 0.0407. The molecule has 4 heteroatoms. The lowest BCUT2D eigenvalue weighted by molar-refractivity contribution is 0.174. The monoisotopic (exact) mass is 294 g/mol. The molecule has 110 valence electrons. The molecule has 0 atom stereocenters. The van der Waals surface area contributed by atoms with Crippen molar-refractivity contribution < 1.29 is 4.79 Å². The van der Waals surface area contributed by atoms with E-state index in [9.17, 15) is 4.79 Å². The van der Waals surface area contributed by atoms with Crippen molar-refractivity contribution in [2.45, 2.75) is 44.6 Å². The molecule has 3 nitrogen and oxygen atoms in total. The molecule has 1 aliphatic carbocycles. The molecule has 0 radical (unpaired) electrons. The molecule has 2 rings (SSSR count). The largest absolute Gasteiger partial charge is 0.338 e. The highest BCUT2D eigenvalue weighted by Crippen LogP contribution is 2.21. The van der Waals surface area contributed by atoms with Crippen molar-refractivity contribution in [3.63, 3.8) is 0 Å². The molecule has 0 aromatic heterocycles. The van der Waals surface area contributed by atoms with E-state index in [0.717, 1.165) is 29.8 Å². The van der Waals surface area contributed by atoms with Crippen LogP contribution in [0.25, 0.3) is 0 Å². The summed E-state index contributed by atoms with van der Waals surface area (Å²) in [6.45, 7) is 0.649. The Kier molecular flexibility index (Phi) is 5.72. The SMILES string of the molecule is CN(C(=O)NCCc1cccc(Cl)c1)C1CCCCC1. The van der Waals surface area contributed by atoms with Gasteiger partial charge in [0.1, 0.15) is 0 Å². The highest BCUT2D eigenvalue weighted by molar-refractivity contribution is 6.30. The van der Waals surface area contributed by atoms with Gasteiger partial charge in [0, 0.05) is 24.7 Å². The summed E-state index contributed by atoms with van der Waals surface area (Å²) < 4.78 is 0. The normalized spacial score (nSPS) is 15.9. The summed E-state index contributed by atoms with van der Waals surface area (Å²) in [4.78, 5) is 14.0. The maximum atomic E-state index is 12.1. The van der Waals surface area contributed by atoms with Crippen LogP contribution in [0.1, 0.15) is 37.7 Å². The standard InChI is InChI=1S/C16H23ClN2O/c1-19(15-8-3-2-4-9-15)16(20)18-11-10-13-6-5-7-14(17)12-13/h5-7,12,15H,2-4,8-11H2,1H3,(H,18,20). The lowest BCUT2D eigenvalue weighted by atomic mass is 9.95. The Hall–Kier alpha value is -1.22. The Morgan fingerprint density at radius 3 is 2.80 bits per heavy atom. The summed E-state index contributed by atoms with van der Waals surface area (Å²) in [7, 11) is 1.91. The molecule has 1 saturated carbocycles. The third kappa shape index (κ3) is 4.41. The maximum Gasteiger partial charge on any atom is 0.317 e. The number of halogens is 1. The summed E-state index contributed by atoms with van der Waals surface area (Å²) in [5.41, 5.74) is 1.15. The smallest absolute Gasteiger partial charge is 0.317 e. The molecule has 1 N–H and O–H groups in total. The van der Waals surface area contributed by atoms with E-state index in [1.54, 1.807) is 0 Å². The second-order valence-corrected chi connectivity index (χ2v) is 5.95. The topological polar surface area (TPSA) is 32.3 Å². The van der Waals surface area contributed by atoms with Crippen LogP contribution in [-0.2, 0) is 6.42 Å². The van der Waals surface area contributed by atoms with E-state index in [2.05, 4.69) is 5.32 Å². The molecule has 1 aromatic rings. The Labute approximate surface area is 126 Å². The molecule has 1 fully saturated rings. The van der Waals surface area contributed by atoms with E-state index in [0.29, 0.717) is 12.6 Å². The predicted molar refractivity (Wildman–Crippen MR) is 83.2 cm³/mol. The van der Waals surface area contributed by atoms with Crippen LogP contribution in [0.4, 0.5) is 4.79 Å². The van der Waals surface area contributed by atoms with Crippen molar-refractivity contribution in [3.05, 3.63) is 34.9 Å². The van der Waals surface area contributed by atoms with E-state index in [1.165, 1.54) is 19.3 Å². The molecule has 0 unspecified atom stereocenters. The minimum Gasteiger partial charge on any atom is -0.338 e. The molecule has 1 aromatic carbocycles. The first-order valence-corrected chi connectivity index (χ1v) is 7.80. The number of urea groups is 1. The number of rotatable bonds is 4. The van der Waals surface area contributed by atoms with Gasteiger partial charge in [0.15, 0.2) is 0 Å². The quantitative estimate of drug-likeness (QED) is 0.898. The van der Waals surface area contributed by atoms with Crippen LogP contribution in [0, 0.1) is 0 Å². The van der Waals surface area contributed by atoms with E-state index >= 15 is 0 Å². The molecule has 0 saturated heterocycles. The molecule has 2 amide bonds. The van der Waals surface area contributed by atoms with Crippen molar-refractivity contribution in [3.8, 4) is 0 Å². The second kappa shape index (κ2) is 7.53. The van der Waals surface area contributed by atoms with Gasteiger partial charge in [-0.15, -0.1) is 0 Å². The van der Waals surface area contributed by atoms with Crippen LogP contribution in [0.15, 0.2) is 24.3 Å². The fraction of sp³-hybridized carbons (Fsp3) is 0.562. The van der Waals surface area contributed by atoms with Gasteiger partial charge >= 0.3 is 6.03 Å². The summed E-state index contributed by atoms with van der Waals surface area (Å²) in [6, 6.07) is 8.23. The Morgan fingerprint density at radius 1 is 1.35 bits per heavy atom. The summed E-state index contributed by atoms with van der Waals surface area (Å²) >= 11 is 5.94. The zero-order valence-corrected chi connectivity index (χ0v) is 12.8. The number of carbonyl (C=O) groups excluding carboxylic acids is 1. The molecule has 0 spiro atoms. The Bertz CT molecular complexity index is 444. The molecule has 0 bridgehead atoms. The maximum absolute atomic E-state index is 12.1. The molecular formula is C16H23ClN2O. The summed E-state index contributed by atoms with van der Waals surface area (Å²) in [6.07, 6.45) is 6.87. The van der Waals surface area contributed by atoms with Crippen molar-refractivity contribution in [1.29, 1.82) is 0 Å². The number of nitrogens with one attached hydrogen (secondary N) is 1. The first-order valence-electron chi connectivity index (χ1n) is 7.42. The van der Waals surface area contributed by atoms with Gasteiger partial charge < -0.3 is 10.2 Å². The van der Waals surface area contributed by atoms with Crippen LogP contribution in [0.2, 0.25) is 5.02 Å². The van der Waals surface area contributed by atoms with E-state index in [-0.39, 0.29) is 6.03 Å². The zero-order valence-electron chi connectivity index (χ0n) is 12.1. The minimum atomic E-state index is 0.0407. The van der Waals surface area contributed by atoms with Gasteiger partial charge in [-0.2, -0.15) is 0 Å². The number of amides is 2. The Balaban J connectivity index is 1.74. The fourth-order valence-corrected chi connectivity index (χ4v) is 2.98. The van der Waals surface area contributed by atoms with Gasteiger partial charge in [-0.25, -0.2) is 4.79 Å². The van der Waals surface area contributed by atoms with Crippen LogP contribution >= 0.6 is 11.6 Å². The number of benzene rings is 1. The number of carbonyl (C=O) groups is 1. The van der Waals surface area contributed by atoms with Gasteiger partial charge in [0.05, 0.1) is 0 Å². The summed E-state index contributed by atoms with van der Waals surface area (Å²) in [5.74, 6) is 0. The van der Waals surface area contributed by atoms with Crippen LogP contribution in [0.5, 0.6) is 0 Å². The summed E-state index contributed by atoms with van der Waals surface area (Å²) in [5, 5.41) is 3.74. The van der Waals surface area contributed by atoms with Gasteiger partial charge in [0.25, 0.3) is 0 Å². The van der Waals surface area contributed by atoms with Crippen LogP contribution in [0.3, 0.4) is 0 Å². The highest BCUT2D eigenvalue weighted by Gasteiger charge is 2.21. The molecule has 20 heavy (non-hydrogen) atoms. The van der Waals surface area contributed by atoms with Gasteiger partial charge in [-0.3, -0.25) is 0 Å². The molecule has 0 aliphatic heterocycles. The lowest BCUT2D eigenvalue weighted by Gasteiger charge is -2.31. The predicted octanol–water partition coefficient (Wildman–Crippen LogP) is 3.86. The lowest BCUT2D eigenvalue weighted by Crippen LogP contribution is -2.44. The Morgan fingerprint density at radius 2 is 2.10 bits per heavy atom. The van der Waals surface area contributed by atoms with Gasteiger partial charge in [0.2, 0.25) is 0 Å². The van der Waals surface area contributed by atoms with Gasteiger partial charge in [-0.05, 0) is 37.0 Å². The van der Waals surface area contributed by atoms with Crippen molar-refractivity contribution in [2.24, 2.45) is 0 Å². The molecule has 0 heterocycles. The third-order valence-electron chi connectivity index (χ3n) is 4.02. The highest BCUT2D eigenvalue weighted by atomic mass is 35.5. The van der Waals surface area contributed by atoms with Crippen molar-refractivity contribution in [1.82, 2.24) is 10.2 Å². The first-order chi connectivity index (χ1) is 9.66. The average Bonchev–Trinajstić information content (AvgIpc) is 2.47. The second-order valence-electron chi connectivity index (χ2n) is 5.51. The molecule has 1 aliphatic rings. The van der Waals surface area contributed by atoms with Crippen molar-refractivity contribution >= 4 is 17.6 Å². The van der Waals surface area contributed by atoms with E-state index in [1.807, 2.05) is 36.2 Å².